The molecule has 0 bridgehead atoms. The smallest absolute Gasteiger partial charge is 0.263 e. The van der Waals surface area contributed by atoms with Gasteiger partial charge in [-0.1, -0.05) is 6.07 Å². The maximum absolute atomic E-state index is 12.0. The monoisotopic (exact) mass is 315 g/mol. The molecule has 1 aliphatic heterocycles. The van der Waals surface area contributed by atoms with Gasteiger partial charge < -0.3 is 15.4 Å². The Morgan fingerprint density at radius 2 is 2.26 bits per heavy atom. The summed E-state index contributed by atoms with van der Waals surface area (Å²) >= 11 is 0. The predicted molar refractivity (Wildman–Crippen MR) is 86.6 cm³/mol. The fourth-order valence-corrected chi connectivity index (χ4v) is 2.17. The van der Waals surface area contributed by atoms with Gasteiger partial charge in [-0.15, -0.1) is 0 Å². The van der Waals surface area contributed by atoms with E-state index in [1.54, 1.807) is 6.07 Å². The lowest BCUT2D eigenvalue weighted by atomic mass is 10.3. The van der Waals surface area contributed by atoms with Crippen molar-refractivity contribution in [2.75, 3.05) is 44.7 Å². The van der Waals surface area contributed by atoms with E-state index < -0.39 is 0 Å². The molecule has 2 heterocycles. The van der Waals surface area contributed by atoms with Crippen LogP contribution in [0, 0.1) is 18.3 Å². The average molecular weight is 315 g/mol. The Labute approximate surface area is 135 Å². The molecule has 0 saturated carbocycles. The van der Waals surface area contributed by atoms with Gasteiger partial charge in [0.15, 0.2) is 0 Å². The van der Waals surface area contributed by atoms with E-state index in [1.807, 2.05) is 25.1 Å². The molecule has 1 aromatic rings. The number of hydrogen-bond acceptors (Lipinski definition) is 6. The maximum Gasteiger partial charge on any atom is 0.263 e. The number of morpholine rings is 1. The number of carbonyl (C=O) groups is 1. The Kier molecular flexibility index (Phi) is 6.54. The molecule has 0 atom stereocenters. The summed E-state index contributed by atoms with van der Waals surface area (Å²) in [7, 11) is 0. The molecule has 1 aliphatic rings. The largest absolute Gasteiger partial charge is 0.379 e. The van der Waals surface area contributed by atoms with Gasteiger partial charge in [0.1, 0.15) is 17.5 Å². The normalized spacial score (nSPS) is 15.7. The second-order valence-electron chi connectivity index (χ2n) is 5.19. The molecule has 0 radical (unpaired) electrons. The van der Waals surface area contributed by atoms with E-state index in [9.17, 15) is 4.79 Å². The molecule has 1 fully saturated rings. The van der Waals surface area contributed by atoms with Crippen molar-refractivity contribution in [3.8, 4) is 6.07 Å². The van der Waals surface area contributed by atoms with E-state index in [-0.39, 0.29) is 11.5 Å². The van der Waals surface area contributed by atoms with Crippen LogP contribution in [0.3, 0.4) is 0 Å². The summed E-state index contributed by atoms with van der Waals surface area (Å²) in [5, 5.41) is 14.7. The summed E-state index contributed by atoms with van der Waals surface area (Å²) in [6.07, 6.45) is 1.38. The van der Waals surface area contributed by atoms with E-state index in [0.29, 0.717) is 12.4 Å². The highest BCUT2D eigenvalue weighted by molar-refractivity contribution is 5.97. The highest BCUT2D eigenvalue weighted by Gasteiger charge is 2.12. The average Bonchev–Trinajstić information content (AvgIpc) is 2.56. The second-order valence-corrected chi connectivity index (χ2v) is 5.19. The minimum Gasteiger partial charge on any atom is -0.379 e. The molecule has 122 valence electrons. The van der Waals surface area contributed by atoms with Gasteiger partial charge in [0.2, 0.25) is 0 Å². The number of nitrogens with zero attached hydrogens (tertiary/aromatic N) is 3. The third-order valence-electron chi connectivity index (χ3n) is 3.44. The molecule has 7 nitrogen and oxygen atoms in total. The molecule has 1 amide bonds. The van der Waals surface area contributed by atoms with Crippen LogP contribution in [0.1, 0.15) is 5.69 Å². The molecular formula is C16H21N5O2. The van der Waals surface area contributed by atoms with Gasteiger partial charge >= 0.3 is 0 Å². The van der Waals surface area contributed by atoms with Crippen LogP contribution in [0.2, 0.25) is 0 Å². The Bertz CT molecular complexity index is 603. The summed E-state index contributed by atoms with van der Waals surface area (Å²) in [4.78, 5) is 18.5. The summed E-state index contributed by atoms with van der Waals surface area (Å²) in [5.74, 6) is 0.208. The number of amides is 1. The number of carbonyl (C=O) groups excluding carboxylic acids is 1. The van der Waals surface area contributed by atoms with E-state index in [4.69, 9.17) is 10.00 Å². The SMILES string of the molecule is Cc1cccc(N/C=C(/C#N)C(=O)NCCN2CCOCC2)n1. The summed E-state index contributed by atoms with van der Waals surface area (Å²) < 4.78 is 5.27. The number of anilines is 1. The first-order valence-corrected chi connectivity index (χ1v) is 7.58. The van der Waals surface area contributed by atoms with E-state index >= 15 is 0 Å². The van der Waals surface area contributed by atoms with Gasteiger partial charge in [-0.2, -0.15) is 5.26 Å². The third-order valence-corrected chi connectivity index (χ3v) is 3.44. The van der Waals surface area contributed by atoms with Crippen LogP contribution in [-0.2, 0) is 9.53 Å². The minimum atomic E-state index is -0.388. The standard InChI is InChI=1S/C16H21N5O2/c1-13-3-2-4-15(20-13)19-12-14(11-17)16(22)18-5-6-21-7-9-23-10-8-21/h2-4,12H,5-10H2,1H3,(H,18,22)(H,19,20)/b14-12-. The van der Waals surface area contributed by atoms with Crippen LogP contribution >= 0.6 is 0 Å². The molecule has 2 N–H and O–H groups in total. The number of ether oxygens (including phenoxy) is 1. The summed E-state index contributed by atoms with van der Waals surface area (Å²) in [6, 6.07) is 7.40. The fraction of sp³-hybridized carbons (Fsp3) is 0.438. The minimum absolute atomic E-state index is 0.0234. The van der Waals surface area contributed by atoms with Crippen LogP contribution in [0.25, 0.3) is 0 Å². The predicted octanol–water partition coefficient (Wildman–Crippen LogP) is 0.658. The topological polar surface area (TPSA) is 90.3 Å². The van der Waals surface area contributed by atoms with Gasteiger partial charge in [0.25, 0.3) is 5.91 Å². The molecule has 0 aliphatic carbocycles. The van der Waals surface area contributed by atoms with Crippen molar-refractivity contribution in [2.24, 2.45) is 0 Å². The van der Waals surface area contributed by atoms with Crippen molar-refractivity contribution in [1.29, 1.82) is 5.26 Å². The van der Waals surface area contributed by atoms with E-state index in [1.165, 1.54) is 6.20 Å². The first-order chi connectivity index (χ1) is 11.2. The molecule has 0 aromatic carbocycles. The third kappa shape index (κ3) is 5.70. The van der Waals surface area contributed by atoms with Crippen LogP contribution in [0.5, 0.6) is 0 Å². The quantitative estimate of drug-likeness (QED) is 0.592. The number of rotatable bonds is 6. The first-order valence-electron chi connectivity index (χ1n) is 7.58. The Balaban J connectivity index is 1.80. The van der Waals surface area contributed by atoms with E-state index in [0.717, 1.165) is 38.5 Å². The Hall–Kier alpha value is -2.43. The lowest BCUT2D eigenvalue weighted by Crippen LogP contribution is -2.41. The van der Waals surface area contributed by atoms with Crippen LogP contribution in [0.15, 0.2) is 30.0 Å². The maximum atomic E-state index is 12.0. The van der Waals surface area contributed by atoms with Gasteiger partial charge in [-0.05, 0) is 19.1 Å². The van der Waals surface area contributed by atoms with Gasteiger partial charge in [-0.3, -0.25) is 9.69 Å². The van der Waals surface area contributed by atoms with Crippen molar-refractivity contribution in [3.63, 3.8) is 0 Å². The molecule has 0 spiro atoms. The van der Waals surface area contributed by atoms with Crippen LogP contribution < -0.4 is 10.6 Å². The highest BCUT2D eigenvalue weighted by Crippen LogP contribution is 2.05. The van der Waals surface area contributed by atoms with Gasteiger partial charge in [-0.25, -0.2) is 4.98 Å². The zero-order chi connectivity index (χ0) is 16.5. The van der Waals surface area contributed by atoms with Gasteiger partial charge in [0, 0.05) is 38.1 Å². The van der Waals surface area contributed by atoms with E-state index in [2.05, 4.69) is 20.5 Å². The van der Waals surface area contributed by atoms with Crippen LogP contribution in [0.4, 0.5) is 5.82 Å². The molecule has 23 heavy (non-hydrogen) atoms. The van der Waals surface area contributed by atoms with Crippen molar-refractivity contribution in [3.05, 3.63) is 35.7 Å². The lowest BCUT2D eigenvalue weighted by molar-refractivity contribution is -0.117. The molecule has 7 heteroatoms. The number of aromatic nitrogens is 1. The molecule has 0 unspecified atom stereocenters. The fourth-order valence-electron chi connectivity index (χ4n) is 2.17. The zero-order valence-electron chi connectivity index (χ0n) is 13.2. The number of aryl methyl sites for hydroxylation is 1. The van der Waals surface area contributed by atoms with Crippen molar-refractivity contribution in [1.82, 2.24) is 15.2 Å². The summed E-state index contributed by atoms with van der Waals surface area (Å²) in [5.41, 5.74) is 0.882. The summed E-state index contributed by atoms with van der Waals surface area (Å²) in [6.45, 7) is 6.32. The molecule has 1 saturated heterocycles. The number of pyridine rings is 1. The Morgan fingerprint density at radius 1 is 1.48 bits per heavy atom. The highest BCUT2D eigenvalue weighted by atomic mass is 16.5. The zero-order valence-corrected chi connectivity index (χ0v) is 13.2. The van der Waals surface area contributed by atoms with Crippen molar-refractivity contribution >= 4 is 11.7 Å². The van der Waals surface area contributed by atoms with Gasteiger partial charge in [0.05, 0.1) is 13.2 Å². The van der Waals surface area contributed by atoms with Crippen LogP contribution in [-0.4, -0.2) is 55.2 Å². The number of nitrogens with one attached hydrogen (secondary N) is 2. The first kappa shape index (κ1) is 16.9. The lowest BCUT2D eigenvalue weighted by Gasteiger charge is -2.26. The van der Waals surface area contributed by atoms with Crippen molar-refractivity contribution < 1.29 is 9.53 Å². The number of hydrogen-bond donors (Lipinski definition) is 2. The number of nitriles is 1. The molecule has 2 rings (SSSR count). The molecular weight excluding hydrogens is 294 g/mol. The van der Waals surface area contributed by atoms with Crippen molar-refractivity contribution in [2.45, 2.75) is 6.92 Å². The second kappa shape index (κ2) is 8.88. The molecule has 1 aromatic heterocycles. The Morgan fingerprint density at radius 3 is 2.96 bits per heavy atom.